The predicted octanol–water partition coefficient (Wildman–Crippen LogP) is 0.377. The van der Waals surface area contributed by atoms with E-state index in [0.717, 1.165) is 32.7 Å². The Kier molecular flexibility index (Phi) is 2.64. The molecule has 3 fully saturated rings. The highest BCUT2D eigenvalue weighted by molar-refractivity contribution is 5.81. The van der Waals surface area contributed by atoms with E-state index in [-0.39, 0.29) is 11.5 Å². The molecule has 0 radical (unpaired) electrons. The van der Waals surface area contributed by atoms with Crippen LogP contribution in [0.3, 0.4) is 0 Å². The minimum absolute atomic E-state index is 0.138. The van der Waals surface area contributed by atoms with Crippen LogP contribution in [-0.2, 0) is 9.53 Å². The molecule has 2 atom stereocenters. The van der Waals surface area contributed by atoms with E-state index < -0.39 is 0 Å². The van der Waals surface area contributed by atoms with Crippen molar-refractivity contribution in [2.75, 3.05) is 32.8 Å². The smallest absolute Gasteiger partial charge is 0.228 e. The summed E-state index contributed by atoms with van der Waals surface area (Å²) in [7, 11) is 0. The lowest BCUT2D eigenvalue weighted by atomic mass is 9.77. The molecule has 3 aliphatic heterocycles. The average molecular weight is 224 g/mol. The van der Waals surface area contributed by atoms with Crippen LogP contribution in [-0.4, -0.2) is 49.2 Å². The fraction of sp³-hybridized carbons (Fsp3) is 0.917. The summed E-state index contributed by atoms with van der Waals surface area (Å²) >= 11 is 0. The predicted molar refractivity (Wildman–Crippen MR) is 60.1 cm³/mol. The second kappa shape index (κ2) is 4.00. The van der Waals surface area contributed by atoms with E-state index in [2.05, 4.69) is 10.2 Å². The van der Waals surface area contributed by atoms with Crippen LogP contribution in [0.1, 0.15) is 25.7 Å². The summed E-state index contributed by atoms with van der Waals surface area (Å²) < 4.78 is 5.31. The van der Waals surface area contributed by atoms with Crippen molar-refractivity contribution >= 4 is 5.91 Å². The summed E-state index contributed by atoms with van der Waals surface area (Å²) in [5.74, 6) is 0.478. The first-order valence-electron chi connectivity index (χ1n) is 6.42. The zero-order valence-corrected chi connectivity index (χ0v) is 9.71. The van der Waals surface area contributed by atoms with E-state index in [1.54, 1.807) is 0 Å². The van der Waals surface area contributed by atoms with Gasteiger partial charge in [-0.05, 0) is 32.2 Å². The van der Waals surface area contributed by atoms with Gasteiger partial charge in [-0.1, -0.05) is 0 Å². The molecular weight excluding hydrogens is 204 g/mol. The normalized spacial score (nSPS) is 38.8. The van der Waals surface area contributed by atoms with Crippen LogP contribution in [0, 0.1) is 5.92 Å². The van der Waals surface area contributed by atoms with Gasteiger partial charge < -0.3 is 15.0 Å². The standard InChI is InChI=1S/C12H20N2O2/c15-11(10-2-7-16-8-10)14-6-4-12(14)3-1-5-13-9-12/h10,13H,1-9H2/t10-,12+/m0/s1. The number of rotatable bonds is 1. The third kappa shape index (κ3) is 1.55. The molecule has 3 rings (SSSR count). The van der Waals surface area contributed by atoms with Crippen LogP contribution >= 0.6 is 0 Å². The van der Waals surface area contributed by atoms with E-state index in [1.165, 1.54) is 19.3 Å². The number of nitrogens with zero attached hydrogens (tertiary/aromatic N) is 1. The lowest BCUT2D eigenvalue weighted by Gasteiger charge is -2.55. The van der Waals surface area contributed by atoms with Crippen molar-refractivity contribution in [2.45, 2.75) is 31.2 Å². The topological polar surface area (TPSA) is 41.6 Å². The summed E-state index contributed by atoms with van der Waals surface area (Å²) in [4.78, 5) is 14.4. The van der Waals surface area contributed by atoms with Gasteiger partial charge in [-0.2, -0.15) is 0 Å². The molecule has 0 aromatic heterocycles. The highest BCUT2D eigenvalue weighted by Gasteiger charge is 2.49. The lowest BCUT2D eigenvalue weighted by Crippen LogP contribution is -2.68. The maximum Gasteiger partial charge on any atom is 0.228 e. The second-order valence-corrected chi connectivity index (χ2v) is 5.31. The van der Waals surface area contributed by atoms with Crippen molar-refractivity contribution in [1.29, 1.82) is 0 Å². The Morgan fingerprint density at radius 1 is 1.44 bits per heavy atom. The van der Waals surface area contributed by atoms with Gasteiger partial charge in [-0.25, -0.2) is 0 Å². The van der Waals surface area contributed by atoms with Gasteiger partial charge in [0.25, 0.3) is 0 Å². The Hall–Kier alpha value is -0.610. The quantitative estimate of drug-likeness (QED) is 0.700. The number of likely N-dealkylation sites (tertiary alicyclic amines) is 1. The van der Waals surface area contributed by atoms with Gasteiger partial charge in [0, 0.05) is 19.7 Å². The summed E-state index contributed by atoms with van der Waals surface area (Å²) in [6.45, 7) is 4.45. The number of nitrogens with one attached hydrogen (secondary N) is 1. The number of hydrogen-bond donors (Lipinski definition) is 1. The maximum absolute atomic E-state index is 12.3. The first-order valence-corrected chi connectivity index (χ1v) is 6.42. The zero-order chi connectivity index (χ0) is 11.0. The van der Waals surface area contributed by atoms with E-state index in [4.69, 9.17) is 4.74 Å². The summed E-state index contributed by atoms with van der Waals surface area (Å²) in [5.41, 5.74) is 0.165. The molecule has 0 saturated carbocycles. The number of piperidine rings is 1. The van der Waals surface area contributed by atoms with Crippen LogP contribution in [0.4, 0.5) is 0 Å². The van der Waals surface area contributed by atoms with Gasteiger partial charge in [0.2, 0.25) is 5.91 Å². The minimum atomic E-state index is 0.138. The van der Waals surface area contributed by atoms with E-state index >= 15 is 0 Å². The van der Waals surface area contributed by atoms with Gasteiger partial charge in [-0.3, -0.25) is 4.79 Å². The zero-order valence-electron chi connectivity index (χ0n) is 9.71. The van der Waals surface area contributed by atoms with E-state index in [1.807, 2.05) is 0 Å². The number of amides is 1. The Morgan fingerprint density at radius 2 is 2.38 bits per heavy atom. The molecule has 4 heteroatoms. The summed E-state index contributed by atoms with van der Waals surface area (Å²) in [6, 6.07) is 0. The van der Waals surface area contributed by atoms with Crippen LogP contribution in [0.2, 0.25) is 0 Å². The van der Waals surface area contributed by atoms with Crippen LogP contribution in [0.5, 0.6) is 0 Å². The average Bonchev–Trinajstić information content (AvgIpc) is 2.82. The van der Waals surface area contributed by atoms with Crippen molar-refractivity contribution in [3.63, 3.8) is 0 Å². The molecule has 1 amide bonds. The molecule has 0 bridgehead atoms. The SMILES string of the molecule is O=C([C@H]1CCOC1)N1CC[C@@]12CCCNC2. The summed E-state index contributed by atoms with van der Waals surface area (Å²) in [5, 5.41) is 3.43. The maximum atomic E-state index is 12.3. The van der Waals surface area contributed by atoms with Crippen LogP contribution in [0.25, 0.3) is 0 Å². The van der Waals surface area contributed by atoms with Crippen molar-refractivity contribution in [1.82, 2.24) is 10.2 Å². The number of carbonyl (C=O) groups is 1. The fourth-order valence-corrected chi connectivity index (χ4v) is 3.23. The Balaban J connectivity index is 1.67. The molecular formula is C12H20N2O2. The molecule has 0 unspecified atom stereocenters. The van der Waals surface area contributed by atoms with Gasteiger partial charge in [0.1, 0.15) is 0 Å². The van der Waals surface area contributed by atoms with E-state index in [9.17, 15) is 4.79 Å². The van der Waals surface area contributed by atoms with Crippen molar-refractivity contribution in [2.24, 2.45) is 5.92 Å². The number of carbonyl (C=O) groups excluding carboxylic acids is 1. The monoisotopic (exact) mass is 224 g/mol. The summed E-state index contributed by atoms with van der Waals surface area (Å²) in [6.07, 6.45) is 4.47. The highest BCUT2D eigenvalue weighted by Crippen LogP contribution is 2.38. The van der Waals surface area contributed by atoms with Gasteiger partial charge in [0.15, 0.2) is 0 Å². The first-order chi connectivity index (χ1) is 7.82. The van der Waals surface area contributed by atoms with Crippen molar-refractivity contribution in [3.8, 4) is 0 Å². The van der Waals surface area contributed by atoms with Crippen LogP contribution < -0.4 is 5.32 Å². The largest absolute Gasteiger partial charge is 0.381 e. The fourth-order valence-electron chi connectivity index (χ4n) is 3.23. The number of ether oxygens (including phenoxy) is 1. The highest BCUT2D eigenvalue weighted by atomic mass is 16.5. The molecule has 3 saturated heterocycles. The first kappa shape index (κ1) is 10.5. The number of hydrogen-bond acceptors (Lipinski definition) is 3. The molecule has 1 N–H and O–H groups in total. The molecule has 0 aromatic rings. The third-order valence-corrected chi connectivity index (χ3v) is 4.37. The van der Waals surface area contributed by atoms with Gasteiger partial charge >= 0.3 is 0 Å². The third-order valence-electron chi connectivity index (χ3n) is 4.37. The molecule has 16 heavy (non-hydrogen) atoms. The Labute approximate surface area is 96.3 Å². The molecule has 1 spiro atoms. The second-order valence-electron chi connectivity index (χ2n) is 5.31. The van der Waals surface area contributed by atoms with Crippen molar-refractivity contribution < 1.29 is 9.53 Å². The Morgan fingerprint density at radius 3 is 2.94 bits per heavy atom. The Bertz CT molecular complexity index is 281. The van der Waals surface area contributed by atoms with Gasteiger partial charge in [-0.15, -0.1) is 0 Å². The molecule has 0 aromatic carbocycles. The molecule has 90 valence electrons. The van der Waals surface area contributed by atoms with E-state index in [0.29, 0.717) is 12.5 Å². The van der Waals surface area contributed by atoms with Crippen molar-refractivity contribution in [3.05, 3.63) is 0 Å². The minimum Gasteiger partial charge on any atom is -0.381 e. The molecule has 3 heterocycles. The molecule has 0 aliphatic carbocycles. The van der Waals surface area contributed by atoms with Gasteiger partial charge in [0.05, 0.1) is 18.1 Å². The lowest BCUT2D eigenvalue weighted by molar-refractivity contribution is -0.153. The molecule has 3 aliphatic rings. The molecule has 4 nitrogen and oxygen atoms in total. The van der Waals surface area contributed by atoms with Crippen LogP contribution in [0.15, 0.2) is 0 Å².